The maximum absolute atomic E-state index is 12.5. The quantitative estimate of drug-likeness (QED) is 0.259. The van der Waals surface area contributed by atoms with Gasteiger partial charge in [-0.15, -0.1) is 0 Å². The fourth-order valence-corrected chi connectivity index (χ4v) is 3.32. The van der Waals surface area contributed by atoms with E-state index < -0.39 is 5.91 Å². The van der Waals surface area contributed by atoms with E-state index >= 15 is 0 Å². The van der Waals surface area contributed by atoms with Crippen LogP contribution in [0.2, 0.25) is 5.02 Å². The molecule has 0 saturated heterocycles. The van der Waals surface area contributed by atoms with E-state index in [1.165, 1.54) is 6.92 Å². The van der Waals surface area contributed by atoms with E-state index in [4.69, 9.17) is 16.3 Å². The Hall–Kier alpha value is -3.82. The van der Waals surface area contributed by atoms with Crippen LogP contribution in [0, 0.1) is 25.2 Å². The molecule has 0 aliphatic rings. The van der Waals surface area contributed by atoms with Crippen LogP contribution >= 0.6 is 11.6 Å². The van der Waals surface area contributed by atoms with Crippen LogP contribution in [0.25, 0.3) is 11.8 Å². The van der Waals surface area contributed by atoms with Gasteiger partial charge in [-0.25, -0.2) is 0 Å². The van der Waals surface area contributed by atoms with E-state index in [0.717, 1.165) is 22.6 Å². The minimum atomic E-state index is -0.500. The number of amides is 1. The number of anilines is 1. The highest BCUT2D eigenvalue weighted by molar-refractivity contribution is 6.30. The maximum atomic E-state index is 12.5. The topological polar surface area (TPSA) is 84.1 Å². The number of esters is 1. The van der Waals surface area contributed by atoms with E-state index in [0.29, 0.717) is 16.5 Å². The van der Waals surface area contributed by atoms with Crippen LogP contribution in [0.4, 0.5) is 5.69 Å². The van der Waals surface area contributed by atoms with Gasteiger partial charge in [-0.1, -0.05) is 11.6 Å². The second-order valence-electron chi connectivity index (χ2n) is 6.88. The van der Waals surface area contributed by atoms with E-state index in [-0.39, 0.29) is 11.5 Å². The Balaban J connectivity index is 1.88. The van der Waals surface area contributed by atoms with Gasteiger partial charge < -0.3 is 14.6 Å². The molecule has 6 nitrogen and oxygen atoms in total. The van der Waals surface area contributed by atoms with E-state index in [2.05, 4.69) is 5.32 Å². The number of hydrogen-bond donors (Lipinski definition) is 1. The lowest BCUT2D eigenvalue weighted by molar-refractivity contribution is -0.131. The van der Waals surface area contributed by atoms with Gasteiger partial charge in [-0.05, 0) is 80.1 Å². The average Bonchev–Trinajstić information content (AvgIpc) is 3.01. The highest BCUT2D eigenvalue weighted by atomic mass is 35.5. The number of benzene rings is 2. The van der Waals surface area contributed by atoms with Gasteiger partial charge in [-0.2, -0.15) is 5.26 Å². The first kappa shape index (κ1) is 21.9. The summed E-state index contributed by atoms with van der Waals surface area (Å²) < 4.78 is 7.07. The molecule has 7 heteroatoms. The highest BCUT2D eigenvalue weighted by Crippen LogP contribution is 2.25. The predicted octanol–water partition coefficient (Wildman–Crippen LogP) is 5.22. The monoisotopic (exact) mass is 433 g/mol. The molecule has 31 heavy (non-hydrogen) atoms. The number of nitriles is 1. The SMILES string of the molecule is CC(=O)Oc1ccc(-n2c(C)cc(/C=C(/C#N)C(=O)Nc3ccc(Cl)cc3)c2C)cc1. The first-order valence-corrected chi connectivity index (χ1v) is 9.83. The van der Waals surface area contributed by atoms with E-state index in [9.17, 15) is 14.9 Å². The molecule has 1 aromatic heterocycles. The summed E-state index contributed by atoms with van der Waals surface area (Å²) in [5.41, 5.74) is 3.96. The van der Waals surface area contributed by atoms with E-state index in [1.807, 2.05) is 42.7 Å². The number of halogens is 1. The number of aromatic nitrogens is 1. The standard InChI is InChI=1S/C24H20ClN3O3/c1-15-12-18(13-19(14-26)24(30)27-21-6-4-20(25)5-7-21)16(2)28(15)22-8-10-23(11-9-22)31-17(3)29/h4-13H,1-3H3,(H,27,30)/b19-13-. The predicted molar refractivity (Wildman–Crippen MR) is 120 cm³/mol. The van der Waals surface area contributed by atoms with Crippen LogP contribution in [-0.4, -0.2) is 16.4 Å². The minimum Gasteiger partial charge on any atom is -0.427 e. The summed E-state index contributed by atoms with van der Waals surface area (Å²) in [6, 6.07) is 17.6. The third-order valence-electron chi connectivity index (χ3n) is 4.59. The first-order chi connectivity index (χ1) is 14.8. The number of nitrogens with zero attached hydrogens (tertiary/aromatic N) is 2. The first-order valence-electron chi connectivity index (χ1n) is 9.45. The molecule has 0 bridgehead atoms. The van der Waals surface area contributed by atoms with Gasteiger partial charge in [0, 0.05) is 34.7 Å². The second kappa shape index (κ2) is 9.33. The number of ether oxygens (including phenoxy) is 1. The number of hydrogen-bond acceptors (Lipinski definition) is 4. The number of rotatable bonds is 5. The Kier molecular flexibility index (Phi) is 6.58. The minimum absolute atomic E-state index is 0.0135. The molecule has 1 N–H and O–H groups in total. The lowest BCUT2D eigenvalue weighted by atomic mass is 10.1. The second-order valence-corrected chi connectivity index (χ2v) is 7.32. The van der Waals surface area contributed by atoms with Crippen molar-refractivity contribution in [3.63, 3.8) is 0 Å². The normalized spacial score (nSPS) is 11.0. The van der Waals surface area contributed by atoms with Crippen molar-refractivity contribution in [3.8, 4) is 17.5 Å². The van der Waals surface area contributed by atoms with Crippen molar-refractivity contribution < 1.29 is 14.3 Å². The summed E-state index contributed by atoms with van der Waals surface area (Å²) >= 11 is 5.86. The fourth-order valence-electron chi connectivity index (χ4n) is 3.20. The number of nitrogens with one attached hydrogen (secondary N) is 1. The summed E-state index contributed by atoms with van der Waals surface area (Å²) in [7, 11) is 0. The lowest BCUT2D eigenvalue weighted by Gasteiger charge is -2.10. The van der Waals surface area contributed by atoms with Crippen molar-refractivity contribution in [3.05, 3.63) is 82.1 Å². The van der Waals surface area contributed by atoms with Gasteiger partial charge in [0.2, 0.25) is 0 Å². The summed E-state index contributed by atoms with van der Waals surface area (Å²) in [5, 5.41) is 12.8. The van der Waals surface area contributed by atoms with Gasteiger partial charge >= 0.3 is 5.97 Å². The third kappa shape index (κ3) is 5.21. The van der Waals surface area contributed by atoms with Crippen LogP contribution in [-0.2, 0) is 9.59 Å². The molecule has 0 aliphatic heterocycles. The molecule has 1 heterocycles. The Bertz CT molecular complexity index is 1200. The van der Waals surface area contributed by atoms with Gasteiger partial charge in [0.1, 0.15) is 17.4 Å². The molecule has 1 amide bonds. The van der Waals surface area contributed by atoms with Crippen molar-refractivity contribution in [1.29, 1.82) is 5.26 Å². The molecule has 0 radical (unpaired) electrons. The van der Waals surface area contributed by atoms with Gasteiger partial charge in [0.05, 0.1) is 0 Å². The Labute approximate surface area is 185 Å². The largest absolute Gasteiger partial charge is 0.427 e. The maximum Gasteiger partial charge on any atom is 0.308 e. The molecular formula is C24H20ClN3O3. The highest BCUT2D eigenvalue weighted by Gasteiger charge is 2.14. The molecule has 3 aromatic rings. The molecule has 0 fully saturated rings. The molecule has 0 saturated carbocycles. The van der Waals surface area contributed by atoms with Crippen molar-refractivity contribution in [2.24, 2.45) is 0 Å². The average molecular weight is 434 g/mol. The van der Waals surface area contributed by atoms with Gasteiger partial charge in [0.15, 0.2) is 0 Å². The molecule has 0 atom stereocenters. The Morgan fingerprint density at radius 2 is 1.74 bits per heavy atom. The van der Waals surface area contributed by atoms with Crippen molar-refractivity contribution in [2.75, 3.05) is 5.32 Å². The summed E-state index contributed by atoms with van der Waals surface area (Å²) in [4.78, 5) is 23.6. The van der Waals surface area contributed by atoms with Crippen LogP contribution in [0.3, 0.4) is 0 Å². The van der Waals surface area contributed by atoms with Crippen LogP contribution in [0.5, 0.6) is 5.75 Å². The molecule has 156 valence electrons. The molecule has 0 aliphatic carbocycles. The lowest BCUT2D eigenvalue weighted by Crippen LogP contribution is -2.13. The van der Waals surface area contributed by atoms with Crippen LogP contribution in [0.1, 0.15) is 23.9 Å². The molecule has 0 spiro atoms. The number of carbonyl (C=O) groups excluding carboxylic acids is 2. The zero-order valence-corrected chi connectivity index (χ0v) is 18.0. The molecule has 2 aromatic carbocycles. The molecule has 0 unspecified atom stereocenters. The zero-order valence-electron chi connectivity index (χ0n) is 17.3. The summed E-state index contributed by atoms with van der Waals surface area (Å²) in [6.07, 6.45) is 1.57. The van der Waals surface area contributed by atoms with Crippen molar-refractivity contribution >= 4 is 35.2 Å². The Morgan fingerprint density at radius 3 is 2.32 bits per heavy atom. The fraction of sp³-hybridized carbons (Fsp3) is 0.125. The zero-order chi connectivity index (χ0) is 22.5. The number of carbonyl (C=O) groups is 2. The van der Waals surface area contributed by atoms with Gasteiger partial charge in [-0.3, -0.25) is 9.59 Å². The summed E-state index contributed by atoms with van der Waals surface area (Å²) in [6.45, 7) is 5.19. The van der Waals surface area contributed by atoms with Gasteiger partial charge in [0.25, 0.3) is 5.91 Å². The van der Waals surface area contributed by atoms with Crippen molar-refractivity contribution in [1.82, 2.24) is 4.57 Å². The molecular weight excluding hydrogens is 414 g/mol. The third-order valence-corrected chi connectivity index (χ3v) is 4.85. The van der Waals surface area contributed by atoms with Crippen molar-refractivity contribution in [2.45, 2.75) is 20.8 Å². The van der Waals surface area contributed by atoms with Crippen LogP contribution in [0.15, 0.2) is 60.2 Å². The Morgan fingerprint density at radius 1 is 1.10 bits per heavy atom. The summed E-state index contributed by atoms with van der Waals surface area (Å²) in [5.74, 6) is -0.417. The molecule has 3 rings (SSSR count). The smallest absolute Gasteiger partial charge is 0.308 e. The number of aryl methyl sites for hydroxylation is 1. The van der Waals surface area contributed by atoms with E-state index in [1.54, 1.807) is 42.5 Å². The van der Waals surface area contributed by atoms with Crippen LogP contribution < -0.4 is 10.1 Å².